The van der Waals surface area contributed by atoms with Crippen molar-refractivity contribution in [2.75, 3.05) is 33.5 Å². The minimum absolute atomic E-state index is 0.0700. The molecule has 0 atom stereocenters. The predicted octanol–water partition coefficient (Wildman–Crippen LogP) is 1.68. The third kappa shape index (κ3) is 4.08. The molecular weight excluding hydrogens is 246 g/mol. The number of hydrogen-bond donors (Lipinski definition) is 0. The molecule has 1 saturated heterocycles. The second kappa shape index (κ2) is 7.31. The largest absolute Gasteiger partial charge is 0.467 e. The van der Waals surface area contributed by atoms with Crippen LogP contribution in [-0.4, -0.2) is 44.3 Å². The Hall–Kier alpha value is -1.33. The van der Waals surface area contributed by atoms with Crippen LogP contribution in [0.1, 0.15) is 18.6 Å². The third-order valence-electron chi connectivity index (χ3n) is 3.37. The lowest BCUT2D eigenvalue weighted by atomic mass is 9.98. The monoisotopic (exact) mass is 267 g/mol. The molecule has 5 nitrogen and oxygen atoms in total. The molecule has 1 aromatic heterocycles. The summed E-state index contributed by atoms with van der Waals surface area (Å²) in [6.45, 7) is 2.99. The van der Waals surface area contributed by atoms with E-state index < -0.39 is 0 Å². The topological polar surface area (TPSA) is 51.9 Å². The van der Waals surface area contributed by atoms with Gasteiger partial charge in [-0.3, -0.25) is 4.79 Å². The SMILES string of the molecule is COCCN(Cc1ccco1)C(=O)C1CCOCC1. The van der Waals surface area contributed by atoms with Gasteiger partial charge >= 0.3 is 0 Å². The van der Waals surface area contributed by atoms with Crippen molar-refractivity contribution in [1.29, 1.82) is 0 Å². The minimum Gasteiger partial charge on any atom is -0.467 e. The van der Waals surface area contributed by atoms with Crippen LogP contribution in [0.4, 0.5) is 0 Å². The Morgan fingerprint density at radius 2 is 2.26 bits per heavy atom. The molecule has 2 heterocycles. The number of furan rings is 1. The van der Waals surface area contributed by atoms with Crippen molar-refractivity contribution in [1.82, 2.24) is 4.90 Å². The van der Waals surface area contributed by atoms with Gasteiger partial charge in [0.05, 0.1) is 19.4 Å². The number of carbonyl (C=O) groups excluding carboxylic acids is 1. The summed E-state index contributed by atoms with van der Waals surface area (Å²) >= 11 is 0. The van der Waals surface area contributed by atoms with Gasteiger partial charge in [0.1, 0.15) is 5.76 Å². The Bertz CT molecular complexity index is 371. The highest BCUT2D eigenvalue weighted by Gasteiger charge is 2.26. The zero-order chi connectivity index (χ0) is 13.5. The summed E-state index contributed by atoms with van der Waals surface area (Å²) in [5.41, 5.74) is 0. The van der Waals surface area contributed by atoms with E-state index in [4.69, 9.17) is 13.9 Å². The fourth-order valence-corrected chi connectivity index (χ4v) is 2.26. The molecule has 0 unspecified atom stereocenters. The summed E-state index contributed by atoms with van der Waals surface area (Å²) in [7, 11) is 1.64. The van der Waals surface area contributed by atoms with Crippen LogP contribution in [-0.2, 0) is 20.8 Å². The van der Waals surface area contributed by atoms with Crippen LogP contribution in [0, 0.1) is 5.92 Å². The molecular formula is C14H21NO4. The fourth-order valence-electron chi connectivity index (χ4n) is 2.26. The van der Waals surface area contributed by atoms with Crippen molar-refractivity contribution in [3.8, 4) is 0 Å². The third-order valence-corrected chi connectivity index (χ3v) is 3.37. The number of carbonyl (C=O) groups is 1. The number of hydrogen-bond acceptors (Lipinski definition) is 4. The quantitative estimate of drug-likeness (QED) is 0.787. The molecule has 0 bridgehead atoms. The summed E-state index contributed by atoms with van der Waals surface area (Å²) in [6.07, 6.45) is 3.24. The molecule has 5 heteroatoms. The maximum atomic E-state index is 12.5. The summed E-state index contributed by atoms with van der Waals surface area (Å²) in [5, 5.41) is 0. The Labute approximate surface area is 113 Å². The fraction of sp³-hybridized carbons (Fsp3) is 0.643. The zero-order valence-electron chi connectivity index (χ0n) is 11.3. The molecule has 106 valence electrons. The van der Waals surface area contributed by atoms with Crippen molar-refractivity contribution in [2.24, 2.45) is 5.92 Å². The maximum Gasteiger partial charge on any atom is 0.226 e. The molecule has 0 radical (unpaired) electrons. The molecule has 1 aliphatic rings. The van der Waals surface area contributed by atoms with Crippen LogP contribution in [0.2, 0.25) is 0 Å². The van der Waals surface area contributed by atoms with Gasteiger partial charge in [0.2, 0.25) is 5.91 Å². The first-order chi connectivity index (χ1) is 9.31. The van der Waals surface area contributed by atoms with Crippen molar-refractivity contribution in [3.63, 3.8) is 0 Å². The Morgan fingerprint density at radius 3 is 2.89 bits per heavy atom. The van der Waals surface area contributed by atoms with Crippen molar-refractivity contribution >= 4 is 5.91 Å². The maximum absolute atomic E-state index is 12.5. The van der Waals surface area contributed by atoms with Gasteiger partial charge in [0.15, 0.2) is 0 Å². The molecule has 1 aliphatic heterocycles. The van der Waals surface area contributed by atoms with Gasteiger partial charge in [0.25, 0.3) is 0 Å². The van der Waals surface area contributed by atoms with Crippen LogP contribution >= 0.6 is 0 Å². The molecule has 0 aromatic carbocycles. The van der Waals surface area contributed by atoms with E-state index in [2.05, 4.69) is 0 Å². The number of ether oxygens (including phenoxy) is 2. The molecule has 0 saturated carbocycles. The number of nitrogens with zero attached hydrogens (tertiary/aromatic N) is 1. The van der Waals surface area contributed by atoms with Crippen LogP contribution in [0.5, 0.6) is 0 Å². The molecule has 2 rings (SSSR count). The van der Waals surface area contributed by atoms with Gasteiger partial charge in [-0.05, 0) is 25.0 Å². The van der Waals surface area contributed by atoms with Crippen molar-refractivity contribution in [2.45, 2.75) is 19.4 Å². The Kier molecular flexibility index (Phi) is 5.42. The van der Waals surface area contributed by atoms with Crippen LogP contribution < -0.4 is 0 Å². The van der Waals surface area contributed by atoms with E-state index in [0.717, 1.165) is 18.6 Å². The Balaban J connectivity index is 1.96. The number of amides is 1. The molecule has 0 aliphatic carbocycles. The van der Waals surface area contributed by atoms with E-state index in [1.165, 1.54) is 0 Å². The van der Waals surface area contributed by atoms with E-state index in [1.54, 1.807) is 13.4 Å². The first-order valence-corrected chi connectivity index (χ1v) is 6.69. The van der Waals surface area contributed by atoms with Gasteiger partial charge in [-0.15, -0.1) is 0 Å². The normalized spacial score (nSPS) is 16.5. The minimum atomic E-state index is 0.0700. The van der Waals surface area contributed by atoms with Gasteiger partial charge < -0.3 is 18.8 Å². The highest BCUT2D eigenvalue weighted by atomic mass is 16.5. The summed E-state index contributed by atoms with van der Waals surface area (Å²) in [6, 6.07) is 3.72. The average molecular weight is 267 g/mol. The highest BCUT2D eigenvalue weighted by molar-refractivity contribution is 5.78. The first kappa shape index (κ1) is 14.1. The summed E-state index contributed by atoms with van der Waals surface area (Å²) in [5.74, 6) is 1.05. The lowest BCUT2D eigenvalue weighted by molar-refractivity contribution is -0.140. The van der Waals surface area contributed by atoms with E-state index in [-0.39, 0.29) is 11.8 Å². The zero-order valence-corrected chi connectivity index (χ0v) is 11.3. The smallest absolute Gasteiger partial charge is 0.226 e. The second-order valence-electron chi connectivity index (χ2n) is 4.72. The highest BCUT2D eigenvalue weighted by Crippen LogP contribution is 2.19. The van der Waals surface area contributed by atoms with E-state index in [9.17, 15) is 4.79 Å². The summed E-state index contributed by atoms with van der Waals surface area (Å²) in [4.78, 5) is 14.3. The molecule has 1 aromatic rings. The number of methoxy groups -OCH3 is 1. The lowest BCUT2D eigenvalue weighted by Gasteiger charge is -2.28. The van der Waals surface area contributed by atoms with Crippen LogP contribution in [0.25, 0.3) is 0 Å². The second-order valence-corrected chi connectivity index (χ2v) is 4.72. The van der Waals surface area contributed by atoms with Crippen molar-refractivity contribution < 1.29 is 18.7 Å². The first-order valence-electron chi connectivity index (χ1n) is 6.69. The van der Waals surface area contributed by atoms with E-state index in [0.29, 0.717) is 32.9 Å². The molecule has 0 N–H and O–H groups in total. The van der Waals surface area contributed by atoms with E-state index in [1.807, 2.05) is 17.0 Å². The summed E-state index contributed by atoms with van der Waals surface area (Å²) < 4.78 is 15.7. The van der Waals surface area contributed by atoms with Crippen LogP contribution in [0.3, 0.4) is 0 Å². The van der Waals surface area contributed by atoms with Gasteiger partial charge in [-0.1, -0.05) is 0 Å². The molecule has 1 amide bonds. The molecule has 0 spiro atoms. The number of rotatable bonds is 6. The standard InChI is InChI=1S/C14H21NO4/c1-17-10-6-15(11-13-3-2-7-19-13)14(16)12-4-8-18-9-5-12/h2-3,7,12H,4-6,8-11H2,1H3. The van der Waals surface area contributed by atoms with E-state index >= 15 is 0 Å². The predicted molar refractivity (Wildman–Crippen MR) is 69.5 cm³/mol. The lowest BCUT2D eigenvalue weighted by Crippen LogP contribution is -2.39. The molecule has 1 fully saturated rings. The average Bonchev–Trinajstić information content (AvgIpc) is 2.96. The van der Waals surface area contributed by atoms with Gasteiger partial charge in [-0.25, -0.2) is 0 Å². The van der Waals surface area contributed by atoms with Gasteiger partial charge in [-0.2, -0.15) is 0 Å². The van der Waals surface area contributed by atoms with Crippen molar-refractivity contribution in [3.05, 3.63) is 24.2 Å². The molecule has 19 heavy (non-hydrogen) atoms. The van der Waals surface area contributed by atoms with Gasteiger partial charge in [0, 0.05) is 32.8 Å². The van der Waals surface area contributed by atoms with Crippen LogP contribution in [0.15, 0.2) is 22.8 Å². The Morgan fingerprint density at radius 1 is 1.47 bits per heavy atom.